The molecule has 0 aliphatic carbocycles. The molecule has 3 rings (SSSR count). The van der Waals surface area contributed by atoms with Gasteiger partial charge in [0.05, 0.1) is 12.2 Å². The van der Waals surface area contributed by atoms with Crippen LogP contribution in [-0.4, -0.2) is 35.0 Å². The van der Waals surface area contributed by atoms with E-state index in [1.54, 1.807) is 31.1 Å². The molecule has 0 bridgehead atoms. The average molecular weight is 285 g/mol. The molecular weight excluding hydrogens is 270 g/mol. The van der Waals surface area contributed by atoms with Crippen LogP contribution in [0.1, 0.15) is 5.56 Å². The number of nitrogens with one attached hydrogen (secondary N) is 1. The predicted molar refractivity (Wildman–Crippen MR) is 80.0 cm³/mol. The van der Waals surface area contributed by atoms with E-state index in [9.17, 15) is 9.59 Å². The fourth-order valence-electron chi connectivity index (χ4n) is 2.46. The van der Waals surface area contributed by atoms with Crippen molar-refractivity contribution in [2.45, 2.75) is 6.54 Å². The lowest BCUT2D eigenvalue weighted by atomic mass is 10.0. The smallest absolute Gasteiger partial charge is 0.347 e. The number of hydrogen-bond donors (Lipinski definition) is 2. The number of urea groups is 1. The summed E-state index contributed by atoms with van der Waals surface area (Å²) in [7, 11) is 3.32. The summed E-state index contributed by atoms with van der Waals surface area (Å²) in [5.41, 5.74) is 8.16. The molecule has 1 aliphatic heterocycles. The lowest BCUT2D eigenvalue weighted by molar-refractivity contribution is 0.211. The summed E-state index contributed by atoms with van der Waals surface area (Å²) in [6.07, 6.45) is 0. The van der Waals surface area contributed by atoms with Crippen LogP contribution in [0.3, 0.4) is 0 Å². The monoisotopic (exact) mass is 285 g/mol. The summed E-state index contributed by atoms with van der Waals surface area (Å²) in [5.74, 6) is 0.397. The lowest BCUT2D eigenvalue weighted by Gasteiger charge is -2.32. The molecule has 0 fully saturated rings. The van der Waals surface area contributed by atoms with Crippen LogP contribution in [-0.2, 0) is 6.54 Å². The molecule has 0 saturated carbocycles. The SMILES string of the molecule is CN1Cc2c(nc(=O)[nH]c2-c2ccc(N)cc2)N(C)C1=O. The number of nitrogens with zero attached hydrogens (tertiary/aromatic N) is 3. The summed E-state index contributed by atoms with van der Waals surface area (Å²) < 4.78 is 0. The number of amides is 2. The zero-order valence-electron chi connectivity index (χ0n) is 11.8. The maximum atomic E-state index is 12.0. The zero-order valence-corrected chi connectivity index (χ0v) is 11.8. The Hall–Kier alpha value is -2.83. The molecule has 3 N–H and O–H groups in total. The van der Waals surface area contributed by atoms with Crippen molar-refractivity contribution in [1.29, 1.82) is 0 Å². The van der Waals surface area contributed by atoms with Gasteiger partial charge in [0.1, 0.15) is 5.82 Å². The Morgan fingerprint density at radius 2 is 1.86 bits per heavy atom. The third-order valence-corrected chi connectivity index (χ3v) is 3.54. The third kappa shape index (κ3) is 2.12. The first-order valence-electron chi connectivity index (χ1n) is 6.45. The minimum Gasteiger partial charge on any atom is -0.399 e. The van der Waals surface area contributed by atoms with Crippen LogP contribution in [0.4, 0.5) is 16.3 Å². The molecule has 0 unspecified atom stereocenters. The molecule has 0 saturated heterocycles. The van der Waals surface area contributed by atoms with E-state index in [0.717, 1.165) is 11.1 Å². The van der Waals surface area contributed by atoms with Gasteiger partial charge in [0.2, 0.25) is 0 Å². The first kappa shape index (κ1) is 13.2. The number of aromatic nitrogens is 2. The van der Waals surface area contributed by atoms with E-state index < -0.39 is 5.69 Å². The molecular formula is C14H15N5O2. The van der Waals surface area contributed by atoms with E-state index >= 15 is 0 Å². The first-order chi connectivity index (χ1) is 9.97. The fourth-order valence-corrected chi connectivity index (χ4v) is 2.46. The lowest BCUT2D eigenvalue weighted by Crippen LogP contribution is -2.44. The van der Waals surface area contributed by atoms with Gasteiger partial charge in [-0.25, -0.2) is 9.59 Å². The first-order valence-corrected chi connectivity index (χ1v) is 6.45. The molecule has 108 valence electrons. The topological polar surface area (TPSA) is 95.3 Å². The molecule has 1 aliphatic rings. The number of nitrogen functional groups attached to an aromatic ring is 1. The second-order valence-electron chi connectivity index (χ2n) is 5.04. The molecule has 1 aromatic heterocycles. The van der Waals surface area contributed by atoms with Crippen LogP contribution in [0.15, 0.2) is 29.1 Å². The van der Waals surface area contributed by atoms with Gasteiger partial charge in [-0.15, -0.1) is 0 Å². The second kappa shape index (κ2) is 4.62. The summed E-state index contributed by atoms with van der Waals surface area (Å²) in [5, 5.41) is 0. The number of H-pyrrole nitrogens is 1. The van der Waals surface area contributed by atoms with Crippen molar-refractivity contribution >= 4 is 17.5 Å². The third-order valence-electron chi connectivity index (χ3n) is 3.54. The van der Waals surface area contributed by atoms with Gasteiger partial charge in [-0.3, -0.25) is 4.90 Å². The molecule has 0 spiro atoms. The van der Waals surface area contributed by atoms with Gasteiger partial charge >= 0.3 is 11.7 Å². The van der Waals surface area contributed by atoms with Crippen LogP contribution >= 0.6 is 0 Å². The molecule has 0 atom stereocenters. The molecule has 21 heavy (non-hydrogen) atoms. The minimum atomic E-state index is -0.482. The van der Waals surface area contributed by atoms with Crippen LogP contribution in [0, 0.1) is 0 Å². The Balaban J connectivity index is 2.23. The molecule has 7 heteroatoms. The zero-order chi connectivity index (χ0) is 15.1. The summed E-state index contributed by atoms with van der Waals surface area (Å²) in [6, 6.07) is 7.00. The van der Waals surface area contributed by atoms with Gasteiger partial charge < -0.3 is 15.6 Å². The fraction of sp³-hybridized carbons (Fsp3) is 0.214. The van der Waals surface area contributed by atoms with Crippen molar-refractivity contribution in [3.8, 4) is 11.3 Å². The minimum absolute atomic E-state index is 0.191. The van der Waals surface area contributed by atoms with E-state index in [-0.39, 0.29) is 6.03 Å². The number of carbonyl (C=O) groups excluding carboxylic acids is 1. The van der Waals surface area contributed by atoms with Gasteiger partial charge in [0.25, 0.3) is 0 Å². The number of fused-ring (bicyclic) bond motifs is 1. The highest BCUT2D eigenvalue weighted by molar-refractivity contribution is 5.94. The number of hydrogen-bond acceptors (Lipinski definition) is 4. The molecule has 7 nitrogen and oxygen atoms in total. The van der Waals surface area contributed by atoms with E-state index in [1.807, 2.05) is 12.1 Å². The van der Waals surface area contributed by atoms with Crippen molar-refractivity contribution in [2.75, 3.05) is 24.7 Å². The quantitative estimate of drug-likeness (QED) is 0.765. The predicted octanol–water partition coefficient (Wildman–Crippen LogP) is 1.02. The highest BCUT2D eigenvalue weighted by atomic mass is 16.2. The van der Waals surface area contributed by atoms with E-state index in [4.69, 9.17) is 5.73 Å². The second-order valence-corrected chi connectivity index (χ2v) is 5.04. The molecule has 2 aromatic rings. The number of carbonyl (C=O) groups is 1. The molecule has 2 heterocycles. The van der Waals surface area contributed by atoms with Crippen molar-refractivity contribution < 1.29 is 4.79 Å². The van der Waals surface area contributed by atoms with Gasteiger partial charge in [-0.2, -0.15) is 4.98 Å². The van der Waals surface area contributed by atoms with Gasteiger partial charge in [0.15, 0.2) is 0 Å². The molecule has 0 radical (unpaired) electrons. The Kier molecular flexibility index (Phi) is 2.90. The van der Waals surface area contributed by atoms with Crippen LogP contribution in [0.25, 0.3) is 11.3 Å². The van der Waals surface area contributed by atoms with Gasteiger partial charge in [-0.05, 0) is 17.7 Å². The number of nitrogens with two attached hydrogens (primary N) is 1. The largest absolute Gasteiger partial charge is 0.399 e. The number of anilines is 2. The average Bonchev–Trinajstić information content (AvgIpc) is 2.46. The maximum Gasteiger partial charge on any atom is 0.347 e. The molecule has 2 amide bonds. The highest BCUT2D eigenvalue weighted by Gasteiger charge is 2.29. The van der Waals surface area contributed by atoms with E-state index in [0.29, 0.717) is 23.7 Å². The Morgan fingerprint density at radius 1 is 1.19 bits per heavy atom. The molecule has 1 aromatic carbocycles. The summed E-state index contributed by atoms with van der Waals surface area (Å²) >= 11 is 0. The summed E-state index contributed by atoms with van der Waals surface area (Å²) in [4.78, 5) is 33.4. The normalized spacial score (nSPS) is 14.3. The number of aromatic amines is 1. The maximum absolute atomic E-state index is 12.0. The Labute approximate surface area is 121 Å². The van der Waals surface area contributed by atoms with Crippen molar-refractivity contribution in [3.63, 3.8) is 0 Å². The van der Waals surface area contributed by atoms with E-state index in [2.05, 4.69) is 9.97 Å². The Bertz CT molecular complexity index is 766. The highest BCUT2D eigenvalue weighted by Crippen LogP contribution is 2.31. The van der Waals surface area contributed by atoms with Crippen LogP contribution in [0.2, 0.25) is 0 Å². The number of rotatable bonds is 1. The van der Waals surface area contributed by atoms with E-state index in [1.165, 1.54) is 4.90 Å². The number of benzene rings is 1. The standard InChI is InChI=1S/C14H15N5O2/c1-18-7-10-11(8-3-5-9(15)6-4-8)16-13(20)17-12(10)19(2)14(18)21/h3-6H,7,15H2,1-2H3,(H,16,17,20). The van der Waals surface area contributed by atoms with Crippen molar-refractivity contribution in [3.05, 3.63) is 40.3 Å². The van der Waals surface area contributed by atoms with Crippen molar-refractivity contribution in [2.24, 2.45) is 0 Å². The van der Waals surface area contributed by atoms with Crippen LogP contribution < -0.4 is 16.3 Å². The summed E-state index contributed by atoms with van der Waals surface area (Å²) in [6.45, 7) is 0.391. The van der Waals surface area contributed by atoms with Crippen molar-refractivity contribution in [1.82, 2.24) is 14.9 Å². The Morgan fingerprint density at radius 3 is 2.52 bits per heavy atom. The van der Waals surface area contributed by atoms with Gasteiger partial charge in [0, 0.05) is 25.3 Å². The van der Waals surface area contributed by atoms with Gasteiger partial charge in [-0.1, -0.05) is 12.1 Å². The van der Waals surface area contributed by atoms with Crippen LogP contribution in [0.5, 0.6) is 0 Å².